The van der Waals surface area contributed by atoms with Crippen LogP contribution in [0.1, 0.15) is 37.7 Å². The molecule has 5 rings (SSSR count). The summed E-state index contributed by atoms with van der Waals surface area (Å²) in [5, 5.41) is 3.54. The number of rotatable bonds is 0. The average Bonchev–Trinajstić information content (AvgIpc) is 3.06. The summed E-state index contributed by atoms with van der Waals surface area (Å²) >= 11 is 0. The Kier molecular flexibility index (Phi) is 1.58. The van der Waals surface area contributed by atoms with Gasteiger partial charge in [-0.15, -0.1) is 0 Å². The van der Waals surface area contributed by atoms with Gasteiger partial charge in [0.05, 0.1) is 17.1 Å². The van der Waals surface area contributed by atoms with Crippen LogP contribution in [0.25, 0.3) is 0 Å². The quantitative estimate of drug-likeness (QED) is 0.774. The van der Waals surface area contributed by atoms with Gasteiger partial charge in [-0.3, -0.25) is 4.79 Å². The lowest BCUT2D eigenvalue weighted by atomic mass is 9.60. The summed E-state index contributed by atoms with van der Waals surface area (Å²) < 4.78 is 6.31. The number of anilines is 1. The van der Waals surface area contributed by atoms with Gasteiger partial charge in [-0.2, -0.15) is 0 Å². The van der Waals surface area contributed by atoms with Crippen LogP contribution in [0.4, 0.5) is 5.69 Å². The molecule has 5 atom stereocenters. The summed E-state index contributed by atoms with van der Waals surface area (Å²) in [7, 11) is 0. The van der Waals surface area contributed by atoms with Crippen molar-refractivity contribution in [2.24, 2.45) is 5.41 Å². The fourth-order valence-corrected chi connectivity index (χ4v) is 5.26. The van der Waals surface area contributed by atoms with Crippen molar-refractivity contribution >= 4 is 11.5 Å². The molecule has 1 spiro atoms. The summed E-state index contributed by atoms with van der Waals surface area (Å²) in [6.07, 6.45) is 2.90. The summed E-state index contributed by atoms with van der Waals surface area (Å²) in [6.45, 7) is 2.14. The Morgan fingerprint density at radius 2 is 2.16 bits per heavy atom. The van der Waals surface area contributed by atoms with Gasteiger partial charge in [0.25, 0.3) is 0 Å². The third-order valence-corrected chi connectivity index (χ3v) is 6.10. The minimum absolute atomic E-state index is 0.163. The first-order valence-electron chi connectivity index (χ1n) is 7.25. The Hall–Kier alpha value is -1.35. The Bertz CT molecular complexity index is 613. The molecule has 1 saturated carbocycles. The molecule has 0 aromatic heterocycles. The second kappa shape index (κ2) is 2.88. The van der Waals surface area contributed by atoms with E-state index in [1.54, 1.807) is 0 Å². The lowest BCUT2D eigenvalue weighted by molar-refractivity contribution is -0.129. The molecule has 3 aliphatic heterocycles. The van der Waals surface area contributed by atoms with Gasteiger partial charge in [0.2, 0.25) is 0 Å². The van der Waals surface area contributed by atoms with E-state index in [2.05, 4.69) is 36.5 Å². The fraction of sp³-hybridized carbons (Fsp3) is 0.562. The van der Waals surface area contributed by atoms with E-state index in [1.807, 2.05) is 0 Å². The van der Waals surface area contributed by atoms with E-state index >= 15 is 0 Å². The lowest BCUT2D eigenvalue weighted by Crippen LogP contribution is -2.53. The summed E-state index contributed by atoms with van der Waals surface area (Å²) in [6, 6.07) is 8.65. The molecule has 2 saturated heterocycles. The standard InChI is InChI=1S/C16H17NO2/c1-15-7-4-8-16(15)11-9-5-2-3-6-10(9)17-12(11)13(19-16)14(15)18/h2-3,5-6,11-13,17H,4,7-8H2,1H3/t11-,12+,13+,15+,16-/m1/s1. The SMILES string of the molecule is C[C@@]12CCC[C@]13O[C@H](C2=O)[C@H]1Nc2ccccc2[C@H]13. The van der Waals surface area contributed by atoms with Crippen LogP contribution in [0.3, 0.4) is 0 Å². The van der Waals surface area contributed by atoms with E-state index in [1.165, 1.54) is 11.3 Å². The molecule has 1 aromatic rings. The van der Waals surface area contributed by atoms with Crippen molar-refractivity contribution < 1.29 is 9.53 Å². The molecule has 3 heteroatoms. The second-order valence-electron chi connectivity index (χ2n) is 6.71. The number of nitrogens with one attached hydrogen (secondary N) is 1. The van der Waals surface area contributed by atoms with Crippen molar-refractivity contribution in [2.45, 2.75) is 49.9 Å². The van der Waals surface area contributed by atoms with Gasteiger partial charge < -0.3 is 10.1 Å². The number of carbonyl (C=O) groups is 1. The lowest BCUT2D eigenvalue weighted by Gasteiger charge is -2.40. The first kappa shape index (κ1) is 10.4. The van der Waals surface area contributed by atoms with Crippen molar-refractivity contribution in [3.05, 3.63) is 29.8 Å². The predicted molar refractivity (Wildman–Crippen MR) is 71.2 cm³/mol. The molecule has 4 aliphatic rings. The molecule has 0 amide bonds. The van der Waals surface area contributed by atoms with E-state index in [0.29, 0.717) is 11.7 Å². The van der Waals surface area contributed by atoms with Gasteiger partial charge in [-0.05, 0) is 37.8 Å². The van der Waals surface area contributed by atoms with Crippen molar-refractivity contribution in [3.8, 4) is 0 Å². The number of hydrogen-bond acceptors (Lipinski definition) is 3. The van der Waals surface area contributed by atoms with Gasteiger partial charge in [-0.1, -0.05) is 18.2 Å². The van der Waals surface area contributed by atoms with Crippen molar-refractivity contribution in [2.75, 3.05) is 5.32 Å². The minimum Gasteiger partial charge on any atom is -0.378 e. The van der Waals surface area contributed by atoms with E-state index < -0.39 is 0 Å². The van der Waals surface area contributed by atoms with E-state index in [9.17, 15) is 4.79 Å². The van der Waals surface area contributed by atoms with Crippen LogP contribution < -0.4 is 5.32 Å². The van der Waals surface area contributed by atoms with Gasteiger partial charge >= 0.3 is 0 Å². The van der Waals surface area contributed by atoms with Crippen LogP contribution in [0.5, 0.6) is 0 Å². The molecule has 98 valence electrons. The molecule has 0 radical (unpaired) electrons. The Morgan fingerprint density at radius 1 is 1.32 bits per heavy atom. The first-order chi connectivity index (χ1) is 9.17. The van der Waals surface area contributed by atoms with Crippen LogP contribution in [0.15, 0.2) is 24.3 Å². The molecular formula is C16H17NO2. The maximum atomic E-state index is 12.7. The second-order valence-corrected chi connectivity index (χ2v) is 6.71. The number of Topliss-reactive ketones (excluding diaryl/α,β-unsaturated/α-hetero) is 1. The molecule has 2 bridgehead atoms. The highest BCUT2D eigenvalue weighted by Crippen LogP contribution is 2.69. The highest BCUT2D eigenvalue weighted by atomic mass is 16.5. The monoisotopic (exact) mass is 255 g/mol. The summed E-state index contributed by atoms with van der Waals surface area (Å²) in [5.41, 5.74) is 2.07. The molecule has 3 fully saturated rings. The average molecular weight is 255 g/mol. The number of ketones is 1. The molecule has 3 nitrogen and oxygen atoms in total. The predicted octanol–water partition coefficient (Wildman–Crippen LogP) is 2.47. The smallest absolute Gasteiger partial charge is 0.172 e. The normalized spacial score (nSPS) is 48.9. The number of carbonyl (C=O) groups excluding carboxylic acids is 1. The minimum atomic E-state index is -0.252. The number of ether oxygens (including phenoxy) is 1. The van der Waals surface area contributed by atoms with Crippen LogP contribution in [0, 0.1) is 5.41 Å². The number of benzene rings is 1. The molecular weight excluding hydrogens is 238 g/mol. The zero-order valence-electron chi connectivity index (χ0n) is 11.0. The third-order valence-electron chi connectivity index (χ3n) is 6.10. The van der Waals surface area contributed by atoms with Gasteiger partial charge in [-0.25, -0.2) is 0 Å². The van der Waals surface area contributed by atoms with Crippen molar-refractivity contribution in [3.63, 3.8) is 0 Å². The zero-order chi connectivity index (χ0) is 12.8. The summed E-state index contributed by atoms with van der Waals surface area (Å²) in [4.78, 5) is 12.7. The van der Waals surface area contributed by atoms with Gasteiger partial charge in [0.15, 0.2) is 5.78 Å². The number of para-hydroxylation sites is 1. The Morgan fingerprint density at radius 3 is 3.05 bits per heavy atom. The van der Waals surface area contributed by atoms with Crippen LogP contribution in [0.2, 0.25) is 0 Å². The van der Waals surface area contributed by atoms with E-state index in [0.717, 1.165) is 19.3 Å². The highest BCUT2D eigenvalue weighted by molar-refractivity contribution is 5.96. The number of hydrogen-bond donors (Lipinski definition) is 1. The van der Waals surface area contributed by atoms with Crippen LogP contribution in [-0.4, -0.2) is 23.5 Å². The molecule has 1 N–H and O–H groups in total. The molecule has 1 aromatic carbocycles. The third kappa shape index (κ3) is 0.882. The maximum Gasteiger partial charge on any atom is 0.172 e. The summed E-state index contributed by atoms with van der Waals surface area (Å²) in [5.74, 6) is 0.699. The van der Waals surface area contributed by atoms with Crippen molar-refractivity contribution in [1.82, 2.24) is 0 Å². The van der Waals surface area contributed by atoms with Gasteiger partial charge in [0, 0.05) is 11.6 Å². The molecule has 19 heavy (non-hydrogen) atoms. The largest absolute Gasteiger partial charge is 0.378 e. The molecule has 1 aliphatic carbocycles. The van der Waals surface area contributed by atoms with Gasteiger partial charge in [0.1, 0.15) is 6.10 Å². The molecule has 3 heterocycles. The Labute approximate surface area is 112 Å². The van der Waals surface area contributed by atoms with E-state index in [4.69, 9.17) is 4.74 Å². The molecule has 0 unspecified atom stereocenters. The topological polar surface area (TPSA) is 38.3 Å². The zero-order valence-corrected chi connectivity index (χ0v) is 11.0. The van der Waals surface area contributed by atoms with Crippen LogP contribution >= 0.6 is 0 Å². The van der Waals surface area contributed by atoms with E-state index in [-0.39, 0.29) is 23.2 Å². The van der Waals surface area contributed by atoms with Crippen LogP contribution in [-0.2, 0) is 9.53 Å². The first-order valence-corrected chi connectivity index (χ1v) is 7.25. The maximum absolute atomic E-state index is 12.7. The number of fused-ring (bicyclic) bond motifs is 5. The van der Waals surface area contributed by atoms with Crippen molar-refractivity contribution in [1.29, 1.82) is 0 Å². The Balaban J connectivity index is 1.76. The fourth-order valence-electron chi connectivity index (χ4n) is 5.26. The highest BCUT2D eigenvalue weighted by Gasteiger charge is 2.77.